The Kier molecular flexibility index (Phi) is 4.72. The van der Waals surface area contributed by atoms with Gasteiger partial charge in [0, 0.05) is 12.1 Å². The highest BCUT2D eigenvalue weighted by atomic mass is 35.5. The molecule has 5 heteroatoms. The van der Waals surface area contributed by atoms with Crippen LogP contribution >= 0.6 is 11.6 Å². The van der Waals surface area contributed by atoms with Crippen molar-refractivity contribution in [2.45, 2.75) is 13.3 Å². The molecule has 17 heavy (non-hydrogen) atoms. The molecule has 0 unspecified atom stereocenters. The molecule has 0 atom stereocenters. The molecule has 0 bridgehead atoms. The van der Waals surface area contributed by atoms with Crippen LogP contribution in [0.1, 0.15) is 13.3 Å². The van der Waals surface area contributed by atoms with Gasteiger partial charge in [0.15, 0.2) is 0 Å². The zero-order chi connectivity index (χ0) is 12.8. The predicted octanol–water partition coefficient (Wildman–Crippen LogP) is 2.81. The molecule has 1 aromatic rings. The van der Waals surface area contributed by atoms with E-state index in [0.29, 0.717) is 22.8 Å². The molecular formula is C12H13ClN2O2. The minimum atomic E-state index is -0.356. The van der Waals surface area contributed by atoms with Gasteiger partial charge in [-0.1, -0.05) is 25.1 Å². The summed E-state index contributed by atoms with van der Waals surface area (Å²) in [7, 11) is 0. The maximum Gasteiger partial charge on any atom is 0.247 e. The fourth-order valence-corrected chi connectivity index (χ4v) is 1.30. The molecular weight excluding hydrogens is 240 g/mol. The van der Waals surface area contributed by atoms with Gasteiger partial charge in [0.25, 0.3) is 0 Å². The van der Waals surface area contributed by atoms with Crippen LogP contribution in [0.5, 0.6) is 0 Å². The van der Waals surface area contributed by atoms with Crippen LogP contribution in [0.25, 0.3) is 0 Å². The zero-order valence-corrected chi connectivity index (χ0v) is 10.2. The Morgan fingerprint density at radius 1 is 1.41 bits per heavy atom. The molecule has 1 aromatic carbocycles. The SMILES string of the molecule is C=CC(=O)Nc1cc(NC(=O)CC)ccc1Cl. The van der Waals surface area contributed by atoms with E-state index in [1.807, 2.05) is 0 Å². The summed E-state index contributed by atoms with van der Waals surface area (Å²) in [5.41, 5.74) is 1.02. The lowest BCUT2D eigenvalue weighted by atomic mass is 10.2. The van der Waals surface area contributed by atoms with Crippen molar-refractivity contribution in [3.8, 4) is 0 Å². The normalized spacial score (nSPS) is 9.53. The Hall–Kier alpha value is -1.81. The van der Waals surface area contributed by atoms with Crippen LogP contribution in [0, 0.1) is 0 Å². The summed E-state index contributed by atoms with van der Waals surface area (Å²) in [6, 6.07) is 4.86. The average molecular weight is 253 g/mol. The molecule has 0 aromatic heterocycles. The topological polar surface area (TPSA) is 58.2 Å². The summed E-state index contributed by atoms with van der Waals surface area (Å²) in [5, 5.41) is 5.62. The number of carbonyl (C=O) groups is 2. The summed E-state index contributed by atoms with van der Waals surface area (Å²) in [6.07, 6.45) is 1.53. The number of anilines is 2. The molecule has 2 amide bonds. The van der Waals surface area contributed by atoms with Gasteiger partial charge in [-0.05, 0) is 24.3 Å². The molecule has 0 aliphatic rings. The standard InChI is InChI=1S/C12H13ClN2O2/c1-3-11(16)14-8-5-6-9(13)10(7-8)15-12(17)4-2/h4-7H,2-3H2,1H3,(H,14,16)(H,15,17). The third-order valence-corrected chi connectivity index (χ3v) is 2.34. The lowest BCUT2D eigenvalue weighted by molar-refractivity contribution is -0.116. The summed E-state index contributed by atoms with van der Waals surface area (Å²) in [6.45, 7) is 5.10. The number of rotatable bonds is 4. The predicted molar refractivity (Wildman–Crippen MR) is 69.2 cm³/mol. The number of carbonyl (C=O) groups excluding carboxylic acids is 2. The fraction of sp³-hybridized carbons (Fsp3) is 0.167. The highest BCUT2D eigenvalue weighted by Gasteiger charge is 2.06. The van der Waals surface area contributed by atoms with Gasteiger partial charge < -0.3 is 10.6 Å². The summed E-state index contributed by atoms with van der Waals surface area (Å²) in [4.78, 5) is 22.4. The molecule has 0 heterocycles. The van der Waals surface area contributed by atoms with Crippen molar-refractivity contribution in [2.75, 3.05) is 10.6 Å². The quantitative estimate of drug-likeness (QED) is 0.810. The first-order valence-corrected chi connectivity index (χ1v) is 5.47. The van der Waals surface area contributed by atoms with Crippen molar-refractivity contribution >= 4 is 34.8 Å². The molecule has 0 aliphatic carbocycles. The first kappa shape index (κ1) is 13.3. The van der Waals surface area contributed by atoms with E-state index in [1.54, 1.807) is 25.1 Å². The minimum absolute atomic E-state index is 0.103. The maximum absolute atomic E-state index is 11.2. The molecule has 2 N–H and O–H groups in total. The molecule has 0 saturated heterocycles. The second kappa shape index (κ2) is 6.06. The monoisotopic (exact) mass is 252 g/mol. The minimum Gasteiger partial charge on any atom is -0.326 e. The van der Waals surface area contributed by atoms with E-state index < -0.39 is 0 Å². The van der Waals surface area contributed by atoms with E-state index in [0.717, 1.165) is 6.08 Å². The van der Waals surface area contributed by atoms with E-state index >= 15 is 0 Å². The van der Waals surface area contributed by atoms with Gasteiger partial charge in [0.05, 0.1) is 10.7 Å². The highest BCUT2D eigenvalue weighted by molar-refractivity contribution is 6.34. The van der Waals surface area contributed by atoms with Gasteiger partial charge in [-0.15, -0.1) is 0 Å². The van der Waals surface area contributed by atoms with Gasteiger partial charge >= 0.3 is 0 Å². The van der Waals surface area contributed by atoms with Crippen molar-refractivity contribution in [3.63, 3.8) is 0 Å². The summed E-state index contributed by atoms with van der Waals surface area (Å²) >= 11 is 5.91. The van der Waals surface area contributed by atoms with Gasteiger partial charge in [-0.3, -0.25) is 9.59 Å². The van der Waals surface area contributed by atoms with Crippen molar-refractivity contribution in [2.24, 2.45) is 0 Å². The van der Waals surface area contributed by atoms with Crippen molar-refractivity contribution < 1.29 is 9.59 Å². The zero-order valence-electron chi connectivity index (χ0n) is 9.42. The largest absolute Gasteiger partial charge is 0.326 e. The lowest BCUT2D eigenvalue weighted by Gasteiger charge is -2.08. The van der Waals surface area contributed by atoms with Crippen LogP contribution in [0.4, 0.5) is 11.4 Å². The fourth-order valence-electron chi connectivity index (χ4n) is 1.13. The van der Waals surface area contributed by atoms with Crippen molar-refractivity contribution in [1.29, 1.82) is 0 Å². The lowest BCUT2D eigenvalue weighted by Crippen LogP contribution is -2.11. The van der Waals surface area contributed by atoms with Crippen LogP contribution in [0.3, 0.4) is 0 Å². The summed E-state index contributed by atoms with van der Waals surface area (Å²) in [5.74, 6) is -0.459. The second-order valence-electron chi connectivity index (χ2n) is 3.29. The molecule has 0 fully saturated rings. The van der Waals surface area contributed by atoms with E-state index in [2.05, 4.69) is 17.2 Å². The third-order valence-electron chi connectivity index (χ3n) is 2.01. The van der Waals surface area contributed by atoms with Gasteiger partial charge in [-0.25, -0.2) is 0 Å². The van der Waals surface area contributed by atoms with Crippen molar-refractivity contribution in [1.82, 2.24) is 0 Å². The first-order chi connectivity index (χ1) is 8.06. The van der Waals surface area contributed by atoms with Gasteiger partial charge in [0.2, 0.25) is 11.8 Å². The van der Waals surface area contributed by atoms with Gasteiger partial charge in [-0.2, -0.15) is 0 Å². The van der Waals surface area contributed by atoms with Crippen molar-refractivity contribution in [3.05, 3.63) is 35.9 Å². The molecule has 0 radical (unpaired) electrons. The Morgan fingerprint density at radius 3 is 2.71 bits per heavy atom. The Bertz CT molecular complexity index is 458. The molecule has 0 spiro atoms. The summed E-state index contributed by atoms with van der Waals surface area (Å²) < 4.78 is 0. The molecule has 1 rings (SSSR count). The van der Waals surface area contributed by atoms with Gasteiger partial charge in [0.1, 0.15) is 0 Å². The van der Waals surface area contributed by atoms with Crippen LogP contribution < -0.4 is 10.6 Å². The number of hydrogen-bond acceptors (Lipinski definition) is 2. The Labute approximate surface area is 105 Å². The Balaban J connectivity index is 2.89. The van der Waals surface area contributed by atoms with Crippen LogP contribution in [-0.2, 0) is 9.59 Å². The van der Waals surface area contributed by atoms with E-state index in [9.17, 15) is 9.59 Å². The van der Waals surface area contributed by atoms with Crippen LogP contribution in [0.15, 0.2) is 30.9 Å². The molecule has 90 valence electrons. The number of hydrogen-bond donors (Lipinski definition) is 2. The average Bonchev–Trinajstić information content (AvgIpc) is 2.33. The van der Waals surface area contributed by atoms with Crippen LogP contribution in [-0.4, -0.2) is 11.8 Å². The molecule has 4 nitrogen and oxygen atoms in total. The van der Waals surface area contributed by atoms with E-state index in [1.165, 1.54) is 0 Å². The number of benzene rings is 1. The number of amides is 2. The molecule has 0 saturated carbocycles. The van der Waals surface area contributed by atoms with Crippen LogP contribution in [0.2, 0.25) is 5.02 Å². The number of nitrogens with one attached hydrogen (secondary N) is 2. The molecule has 0 aliphatic heterocycles. The van der Waals surface area contributed by atoms with E-state index in [-0.39, 0.29) is 11.8 Å². The smallest absolute Gasteiger partial charge is 0.247 e. The Morgan fingerprint density at radius 2 is 2.12 bits per heavy atom. The third kappa shape index (κ3) is 3.92. The highest BCUT2D eigenvalue weighted by Crippen LogP contribution is 2.25. The second-order valence-corrected chi connectivity index (χ2v) is 3.70. The maximum atomic E-state index is 11.2. The number of halogens is 1. The van der Waals surface area contributed by atoms with E-state index in [4.69, 9.17) is 11.6 Å². The first-order valence-electron chi connectivity index (χ1n) is 5.09.